The van der Waals surface area contributed by atoms with Gasteiger partial charge in [-0.2, -0.15) is 0 Å². The molecule has 2 N–H and O–H groups in total. The van der Waals surface area contributed by atoms with Crippen molar-refractivity contribution in [2.24, 2.45) is 0 Å². The lowest BCUT2D eigenvalue weighted by atomic mass is 10.2. The van der Waals surface area contributed by atoms with E-state index in [1.807, 2.05) is 4.98 Å². The standard InChI is InChI=1S/C8H7F4NO3/c9-2-4-5(3-14)13-7(1-6(4)15)16-8(10,11)12/h1,14H,2-3H2,(H,13,15). The van der Waals surface area contributed by atoms with Gasteiger partial charge in [-0.3, -0.25) is 4.79 Å². The summed E-state index contributed by atoms with van der Waals surface area (Å²) in [5, 5.41) is 8.72. The van der Waals surface area contributed by atoms with E-state index in [0.717, 1.165) is 0 Å². The largest absolute Gasteiger partial charge is 0.574 e. The molecular weight excluding hydrogens is 234 g/mol. The molecule has 0 aliphatic rings. The summed E-state index contributed by atoms with van der Waals surface area (Å²) in [5.41, 5.74) is -1.73. The zero-order chi connectivity index (χ0) is 12.3. The molecule has 0 aromatic carbocycles. The summed E-state index contributed by atoms with van der Waals surface area (Å²) in [4.78, 5) is 13.1. The van der Waals surface area contributed by atoms with E-state index in [1.165, 1.54) is 0 Å². The Morgan fingerprint density at radius 2 is 2.06 bits per heavy atom. The Labute approximate surface area is 86.5 Å². The average molecular weight is 241 g/mol. The second kappa shape index (κ2) is 4.52. The van der Waals surface area contributed by atoms with Crippen molar-refractivity contribution in [3.05, 3.63) is 27.5 Å². The minimum Gasteiger partial charge on any atom is -0.390 e. The van der Waals surface area contributed by atoms with Gasteiger partial charge in [0, 0.05) is 6.07 Å². The van der Waals surface area contributed by atoms with Gasteiger partial charge in [0.25, 0.3) is 0 Å². The molecule has 0 bridgehead atoms. The van der Waals surface area contributed by atoms with Gasteiger partial charge in [0.15, 0.2) is 5.43 Å². The molecule has 1 heterocycles. The number of aliphatic hydroxyl groups is 1. The molecule has 0 fully saturated rings. The second-order valence-corrected chi connectivity index (χ2v) is 2.79. The first-order chi connectivity index (χ1) is 7.37. The molecule has 4 nitrogen and oxygen atoms in total. The molecule has 16 heavy (non-hydrogen) atoms. The fourth-order valence-electron chi connectivity index (χ4n) is 1.08. The Morgan fingerprint density at radius 1 is 1.44 bits per heavy atom. The normalized spacial score (nSPS) is 11.6. The number of ether oxygens (including phenoxy) is 1. The Bertz CT molecular complexity index is 426. The monoisotopic (exact) mass is 241 g/mol. The first-order valence-corrected chi connectivity index (χ1v) is 4.05. The van der Waals surface area contributed by atoms with Crippen LogP contribution in [0.1, 0.15) is 11.3 Å². The van der Waals surface area contributed by atoms with Gasteiger partial charge < -0.3 is 14.8 Å². The van der Waals surface area contributed by atoms with Crippen molar-refractivity contribution in [1.82, 2.24) is 4.98 Å². The number of alkyl halides is 4. The van der Waals surface area contributed by atoms with Crippen molar-refractivity contribution in [1.29, 1.82) is 0 Å². The molecule has 0 saturated heterocycles. The van der Waals surface area contributed by atoms with E-state index in [0.29, 0.717) is 6.07 Å². The van der Waals surface area contributed by atoms with Gasteiger partial charge >= 0.3 is 6.36 Å². The minimum absolute atomic E-state index is 0.339. The van der Waals surface area contributed by atoms with E-state index in [-0.39, 0.29) is 5.69 Å². The summed E-state index contributed by atoms with van der Waals surface area (Å²) < 4.78 is 51.2. The molecular formula is C8H7F4NO3. The minimum atomic E-state index is -4.97. The average Bonchev–Trinajstić information content (AvgIpc) is 2.14. The van der Waals surface area contributed by atoms with Crippen molar-refractivity contribution in [3.8, 4) is 5.88 Å². The molecule has 0 spiro atoms. The summed E-state index contributed by atoms with van der Waals surface area (Å²) in [6, 6.07) is 0.474. The number of aromatic amines is 1. The predicted octanol–water partition coefficient (Wildman–Crippen LogP) is 1.24. The number of nitrogens with one attached hydrogen (secondary N) is 1. The summed E-state index contributed by atoms with van der Waals surface area (Å²) in [6.07, 6.45) is -4.97. The zero-order valence-electron chi connectivity index (χ0n) is 7.77. The third-order valence-electron chi connectivity index (χ3n) is 1.72. The van der Waals surface area contributed by atoms with E-state index in [1.54, 1.807) is 0 Å². The van der Waals surface area contributed by atoms with Crippen LogP contribution < -0.4 is 10.2 Å². The second-order valence-electron chi connectivity index (χ2n) is 2.79. The van der Waals surface area contributed by atoms with Crippen LogP contribution in [-0.4, -0.2) is 16.5 Å². The van der Waals surface area contributed by atoms with Crippen molar-refractivity contribution < 1.29 is 27.4 Å². The Hall–Kier alpha value is -1.57. The smallest absolute Gasteiger partial charge is 0.390 e. The Balaban J connectivity index is 3.16. The van der Waals surface area contributed by atoms with Crippen molar-refractivity contribution in [3.63, 3.8) is 0 Å². The maximum Gasteiger partial charge on any atom is 0.574 e. The first-order valence-electron chi connectivity index (χ1n) is 4.05. The van der Waals surface area contributed by atoms with Crippen LogP contribution >= 0.6 is 0 Å². The lowest BCUT2D eigenvalue weighted by Crippen LogP contribution is -2.21. The molecule has 1 aromatic heterocycles. The highest BCUT2D eigenvalue weighted by Gasteiger charge is 2.32. The molecule has 0 radical (unpaired) electrons. The van der Waals surface area contributed by atoms with Crippen LogP contribution in [0, 0.1) is 0 Å². The SMILES string of the molecule is O=c1cc(OC(F)(F)F)[nH]c(CO)c1CF. The fourth-order valence-corrected chi connectivity index (χ4v) is 1.08. The van der Waals surface area contributed by atoms with E-state index in [4.69, 9.17) is 5.11 Å². The van der Waals surface area contributed by atoms with Gasteiger partial charge in [-0.05, 0) is 0 Å². The van der Waals surface area contributed by atoms with E-state index < -0.39 is 36.5 Å². The predicted molar refractivity (Wildman–Crippen MR) is 44.5 cm³/mol. The van der Waals surface area contributed by atoms with Crippen LogP contribution in [0.25, 0.3) is 0 Å². The van der Waals surface area contributed by atoms with Crippen molar-refractivity contribution >= 4 is 0 Å². The van der Waals surface area contributed by atoms with Crippen LogP contribution in [0.2, 0.25) is 0 Å². The van der Waals surface area contributed by atoms with E-state index in [9.17, 15) is 22.4 Å². The number of H-pyrrole nitrogens is 1. The van der Waals surface area contributed by atoms with Gasteiger partial charge in [0.1, 0.15) is 6.67 Å². The lowest BCUT2D eigenvalue weighted by Gasteiger charge is -2.10. The molecule has 0 aliphatic heterocycles. The van der Waals surface area contributed by atoms with Crippen molar-refractivity contribution in [2.45, 2.75) is 19.6 Å². The Morgan fingerprint density at radius 3 is 2.50 bits per heavy atom. The highest BCUT2D eigenvalue weighted by molar-refractivity contribution is 5.25. The number of pyridine rings is 1. The molecule has 8 heteroatoms. The number of aromatic nitrogens is 1. The molecule has 0 saturated carbocycles. The summed E-state index contributed by atoms with van der Waals surface area (Å²) >= 11 is 0. The van der Waals surface area contributed by atoms with Crippen LogP contribution in [0.5, 0.6) is 5.88 Å². The molecule has 1 aromatic rings. The molecule has 0 amide bonds. The number of aliphatic hydroxyl groups excluding tert-OH is 1. The van der Waals surface area contributed by atoms with Gasteiger partial charge in [0.2, 0.25) is 5.88 Å². The maximum absolute atomic E-state index is 12.3. The van der Waals surface area contributed by atoms with Crippen LogP contribution in [0.3, 0.4) is 0 Å². The van der Waals surface area contributed by atoms with E-state index in [2.05, 4.69) is 4.74 Å². The van der Waals surface area contributed by atoms with Crippen LogP contribution in [0.4, 0.5) is 17.6 Å². The zero-order valence-corrected chi connectivity index (χ0v) is 7.77. The number of halogens is 4. The molecule has 0 unspecified atom stereocenters. The molecule has 1 rings (SSSR count). The number of hydrogen-bond acceptors (Lipinski definition) is 3. The highest BCUT2D eigenvalue weighted by atomic mass is 19.4. The highest BCUT2D eigenvalue weighted by Crippen LogP contribution is 2.20. The molecule has 0 atom stereocenters. The lowest BCUT2D eigenvalue weighted by molar-refractivity contribution is -0.276. The third kappa shape index (κ3) is 2.96. The topological polar surface area (TPSA) is 62.3 Å². The Kier molecular flexibility index (Phi) is 3.53. The van der Waals surface area contributed by atoms with E-state index >= 15 is 0 Å². The fraction of sp³-hybridized carbons (Fsp3) is 0.375. The third-order valence-corrected chi connectivity index (χ3v) is 1.72. The maximum atomic E-state index is 12.3. The van der Waals surface area contributed by atoms with Gasteiger partial charge in [-0.1, -0.05) is 0 Å². The summed E-state index contributed by atoms with van der Waals surface area (Å²) in [7, 11) is 0. The quantitative estimate of drug-likeness (QED) is 0.782. The van der Waals surface area contributed by atoms with Gasteiger partial charge in [-0.15, -0.1) is 13.2 Å². The van der Waals surface area contributed by atoms with Crippen LogP contribution in [-0.2, 0) is 13.3 Å². The number of rotatable bonds is 3. The van der Waals surface area contributed by atoms with Gasteiger partial charge in [0.05, 0.1) is 17.9 Å². The van der Waals surface area contributed by atoms with Crippen molar-refractivity contribution in [2.75, 3.05) is 0 Å². The van der Waals surface area contributed by atoms with Gasteiger partial charge in [-0.25, -0.2) is 4.39 Å². The molecule has 0 aliphatic carbocycles. The summed E-state index contributed by atoms with van der Waals surface area (Å²) in [6.45, 7) is -1.97. The summed E-state index contributed by atoms with van der Waals surface area (Å²) in [5.74, 6) is -0.890. The molecule has 90 valence electrons. The first kappa shape index (κ1) is 12.5. The number of hydrogen-bond donors (Lipinski definition) is 2. The van der Waals surface area contributed by atoms with Crippen LogP contribution in [0.15, 0.2) is 10.9 Å².